The molecule has 0 unspecified atom stereocenters. The highest BCUT2D eigenvalue weighted by Gasteiger charge is 2.22. The van der Waals surface area contributed by atoms with E-state index in [1.165, 1.54) is 0 Å². The van der Waals surface area contributed by atoms with Crippen molar-refractivity contribution in [2.45, 2.75) is 20.3 Å². The number of hydrogen-bond donors (Lipinski definition) is 0. The first-order valence-electron chi connectivity index (χ1n) is 3.49. The van der Waals surface area contributed by atoms with Crippen LogP contribution < -0.4 is 0 Å². The van der Waals surface area contributed by atoms with E-state index in [0.29, 0.717) is 0 Å². The molecule has 0 fully saturated rings. The molecule has 0 bridgehead atoms. The van der Waals surface area contributed by atoms with Crippen LogP contribution in [0, 0.1) is 5.41 Å². The predicted molar refractivity (Wildman–Crippen MR) is 41.7 cm³/mol. The fourth-order valence-corrected chi connectivity index (χ4v) is 1.08. The Morgan fingerprint density at radius 2 is 2.30 bits per heavy atom. The molecule has 0 saturated heterocycles. The third kappa shape index (κ3) is 1.18. The molecule has 0 atom stereocenters. The first kappa shape index (κ1) is 7.26. The average Bonchev–Trinajstić information content (AvgIpc) is 1.87. The van der Waals surface area contributed by atoms with Gasteiger partial charge in [0.15, 0.2) is 0 Å². The number of rotatable bonds is 1. The van der Waals surface area contributed by atoms with Gasteiger partial charge in [0.2, 0.25) is 0 Å². The van der Waals surface area contributed by atoms with Gasteiger partial charge in [0.05, 0.1) is 0 Å². The van der Waals surface area contributed by atoms with Crippen LogP contribution in [0.5, 0.6) is 0 Å². The normalized spacial score (nSPS) is 22.0. The minimum absolute atomic E-state index is 0.0521. The number of aldehydes is 1. The predicted octanol–water partition coefficient (Wildman–Crippen LogP) is 2.10. The lowest BCUT2D eigenvalue weighted by Crippen LogP contribution is -2.16. The van der Waals surface area contributed by atoms with Crippen molar-refractivity contribution >= 4 is 6.29 Å². The van der Waals surface area contributed by atoms with Crippen molar-refractivity contribution in [1.82, 2.24) is 0 Å². The van der Waals surface area contributed by atoms with Crippen molar-refractivity contribution in [2.24, 2.45) is 5.41 Å². The molecule has 1 aliphatic rings. The number of allylic oxidation sites excluding steroid dienone is 4. The van der Waals surface area contributed by atoms with Crippen LogP contribution in [0.15, 0.2) is 23.8 Å². The molecule has 1 nitrogen and oxygen atoms in total. The maximum atomic E-state index is 10.5. The van der Waals surface area contributed by atoms with Crippen LogP contribution in [0.3, 0.4) is 0 Å². The molecule has 0 spiro atoms. The third-order valence-electron chi connectivity index (χ3n) is 1.95. The van der Waals surface area contributed by atoms with Crippen molar-refractivity contribution in [3.63, 3.8) is 0 Å². The SMILES string of the molecule is CC1(C)CC=CC=C1C=O. The molecule has 0 amide bonds. The van der Waals surface area contributed by atoms with Gasteiger partial charge >= 0.3 is 0 Å². The summed E-state index contributed by atoms with van der Waals surface area (Å²) in [6.45, 7) is 4.16. The average molecular weight is 136 g/mol. The maximum Gasteiger partial charge on any atom is 0.146 e. The van der Waals surface area contributed by atoms with E-state index in [4.69, 9.17) is 0 Å². The summed E-state index contributed by atoms with van der Waals surface area (Å²) >= 11 is 0. The van der Waals surface area contributed by atoms with Crippen molar-refractivity contribution in [3.05, 3.63) is 23.8 Å². The Kier molecular flexibility index (Phi) is 1.75. The van der Waals surface area contributed by atoms with E-state index in [0.717, 1.165) is 18.3 Å². The lowest BCUT2D eigenvalue weighted by molar-refractivity contribution is -0.105. The zero-order valence-corrected chi connectivity index (χ0v) is 6.42. The Balaban J connectivity index is 2.91. The number of carbonyl (C=O) groups is 1. The van der Waals surface area contributed by atoms with Gasteiger partial charge in [-0.25, -0.2) is 0 Å². The lowest BCUT2D eigenvalue weighted by atomic mass is 9.79. The summed E-state index contributed by atoms with van der Waals surface area (Å²) in [4.78, 5) is 10.5. The van der Waals surface area contributed by atoms with E-state index in [2.05, 4.69) is 19.9 Å². The van der Waals surface area contributed by atoms with Crippen LogP contribution in [-0.2, 0) is 4.79 Å². The second kappa shape index (κ2) is 2.41. The van der Waals surface area contributed by atoms with Crippen molar-refractivity contribution in [1.29, 1.82) is 0 Å². The van der Waals surface area contributed by atoms with Crippen molar-refractivity contribution in [3.8, 4) is 0 Å². The quantitative estimate of drug-likeness (QED) is 0.504. The molecular formula is C9H12O. The monoisotopic (exact) mass is 136 g/mol. The van der Waals surface area contributed by atoms with Gasteiger partial charge in [-0.1, -0.05) is 32.1 Å². The van der Waals surface area contributed by atoms with E-state index < -0.39 is 0 Å². The molecular weight excluding hydrogens is 124 g/mol. The number of hydrogen-bond acceptors (Lipinski definition) is 1. The number of carbonyl (C=O) groups excluding carboxylic acids is 1. The van der Waals surface area contributed by atoms with E-state index in [9.17, 15) is 4.79 Å². The molecule has 54 valence electrons. The molecule has 1 heteroatoms. The van der Waals surface area contributed by atoms with Gasteiger partial charge in [0.1, 0.15) is 6.29 Å². The summed E-state index contributed by atoms with van der Waals surface area (Å²) in [7, 11) is 0. The smallest absolute Gasteiger partial charge is 0.146 e. The van der Waals surface area contributed by atoms with E-state index >= 15 is 0 Å². The van der Waals surface area contributed by atoms with E-state index in [1.54, 1.807) is 0 Å². The molecule has 0 aromatic heterocycles. The first-order valence-corrected chi connectivity index (χ1v) is 3.49. The highest BCUT2D eigenvalue weighted by molar-refractivity contribution is 5.76. The van der Waals surface area contributed by atoms with Crippen molar-refractivity contribution < 1.29 is 4.79 Å². The van der Waals surface area contributed by atoms with E-state index in [1.807, 2.05) is 12.2 Å². The summed E-state index contributed by atoms with van der Waals surface area (Å²) in [5, 5.41) is 0. The minimum Gasteiger partial charge on any atom is -0.298 e. The highest BCUT2D eigenvalue weighted by atomic mass is 16.1. The topological polar surface area (TPSA) is 17.1 Å². The molecule has 0 N–H and O–H groups in total. The molecule has 1 rings (SSSR count). The molecule has 0 saturated carbocycles. The second-order valence-corrected chi connectivity index (χ2v) is 3.26. The molecule has 0 aliphatic heterocycles. The Morgan fingerprint density at radius 1 is 1.60 bits per heavy atom. The van der Waals surface area contributed by atoms with Gasteiger partial charge in [0, 0.05) is 0 Å². The summed E-state index contributed by atoms with van der Waals surface area (Å²) < 4.78 is 0. The Labute approximate surface area is 61.4 Å². The zero-order chi connectivity index (χ0) is 7.61. The molecule has 0 heterocycles. The molecule has 10 heavy (non-hydrogen) atoms. The van der Waals surface area contributed by atoms with Gasteiger partial charge in [-0.2, -0.15) is 0 Å². The lowest BCUT2D eigenvalue weighted by Gasteiger charge is -2.24. The van der Waals surface area contributed by atoms with Crippen LogP contribution >= 0.6 is 0 Å². The molecule has 0 radical (unpaired) electrons. The Morgan fingerprint density at radius 3 is 2.70 bits per heavy atom. The minimum atomic E-state index is 0.0521. The molecule has 1 aliphatic carbocycles. The summed E-state index contributed by atoms with van der Waals surface area (Å²) in [6, 6.07) is 0. The largest absolute Gasteiger partial charge is 0.298 e. The van der Waals surface area contributed by atoms with Gasteiger partial charge in [-0.05, 0) is 17.4 Å². The van der Waals surface area contributed by atoms with Gasteiger partial charge < -0.3 is 0 Å². The fraction of sp³-hybridized carbons (Fsp3) is 0.444. The fourth-order valence-electron chi connectivity index (χ4n) is 1.08. The first-order chi connectivity index (χ1) is 4.67. The molecule has 0 aromatic carbocycles. The van der Waals surface area contributed by atoms with Gasteiger partial charge in [0.25, 0.3) is 0 Å². The highest BCUT2D eigenvalue weighted by Crippen LogP contribution is 2.31. The van der Waals surface area contributed by atoms with Crippen LogP contribution in [0.4, 0.5) is 0 Å². The summed E-state index contributed by atoms with van der Waals surface area (Å²) in [6.07, 6.45) is 7.83. The van der Waals surface area contributed by atoms with Gasteiger partial charge in [-0.15, -0.1) is 0 Å². The van der Waals surface area contributed by atoms with Crippen LogP contribution in [0.25, 0.3) is 0 Å². The van der Waals surface area contributed by atoms with E-state index in [-0.39, 0.29) is 5.41 Å². The maximum absolute atomic E-state index is 10.5. The van der Waals surface area contributed by atoms with Crippen LogP contribution in [-0.4, -0.2) is 6.29 Å². The second-order valence-electron chi connectivity index (χ2n) is 3.26. The molecule has 0 aromatic rings. The van der Waals surface area contributed by atoms with Crippen LogP contribution in [0.1, 0.15) is 20.3 Å². The van der Waals surface area contributed by atoms with Crippen molar-refractivity contribution in [2.75, 3.05) is 0 Å². The standard InChI is InChI=1S/C9H12O/c1-9(2)6-4-3-5-8(9)7-10/h3-5,7H,6H2,1-2H3. The Bertz CT molecular complexity index is 197. The zero-order valence-electron chi connectivity index (χ0n) is 6.42. The Hall–Kier alpha value is -0.850. The van der Waals surface area contributed by atoms with Gasteiger partial charge in [-0.3, -0.25) is 4.79 Å². The third-order valence-corrected chi connectivity index (χ3v) is 1.95. The summed E-state index contributed by atoms with van der Waals surface area (Å²) in [5.41, 5.74) is 0.950. The summed E-state index contributed by atoms with van der Waals surface area (Å²) in [5.74, 6) is 0. The van der Waals surface area contributed by atoms with Crippen LogP contribution in [0.2, 0.25) is 0 Å².